The molecule has 1 aromatic heterocycles. The van der Waals surface area contributed by atoms with Gasteiger partial charge in [-0.1, -0.05) is 25.6 Å². The third-order valence-corrected chi connectivity index (χ3v) is 1.46. The maximum Gasteiger partial charge on any atom is 0.0462 e. The van der Waals surface area contributed by atoms with E-state index in [4.69, 9.17) is 5.26 Å². The number of nitrogens with one attached hydrogen (secondary N) is 1. The number of hydrogen-bond acceptors (Lipinski definition) is 1. The zero-order valence-corrected chi connectivity index (χ0v) is 5.99. The Bertz CT molecular complexity index is 316. The molecule has 0 radical (unpaired) electrons. The second kappa shape index (κ2) is 4.97. The van der Waals surface area contributed by atoms with Gasteiger partial charge in [-0.25, -0.2) is 5.26 Å². The van der Waals surface area contributed by atoms with Gasteiger partial charge in [0.2, 0.25) is 0 Å². The molecule has 1 heterocycles. The van der Waals surface area contributed by atoms with Crippen LogP contribution in [0.25, 0.3) is 10.9 Å². The van der Waals surface area contributed by atoms with Crippen LogP contribution in [0.1, 0.15) is 7.43 Å². The first-order valence-corrected chi connectivity index (χ1v) is 3.25. The Morgan fingerprint density at radius 1 is 1.08 bits per heavy atom. The lowest BCUT2D eigenvalue weighted by molar-refractivity contribution is 1.48. The standard InChI is InChI=1S/C8H7N.CHN.CH4/c1-2-4-8-7(3-1)5-6-9-8;1-2;/h1-6,9H;1H;1H4. The summed E-state index contributed by atoms with van der Waals surface area (Å²) in [5.41, 5.74) is 1.21. The summed E-state index contributed by atoms with van der Waals surface area (Å²) < 4.78 is 0. The van der Waals surface area contributed by atoms with Crippen LogP contribution in [0.2, 0.25) is 0 Å². The van der Waals surface area contributed by atoms with Crippen LogP contribution in [-0.4, -0.2) is 4.98 Å². The number of benzene rings is 1. The summed E-state index contributed by atoms with van der Waals surface area (Å²) in [5.74, 6) is 0. The monoisotopic (exact) mass is 160 g/mol. The van der Waals surface area contributed by atoms with Crippen LogP contribution >= 0.6 is 0 Å². The van der Waals surface area contributed by atoms with E-state index in [0.29, 0.717) is 0 Å². The van der Waals surface area contributed by atoms with Gasteiger partial charge in [0.1, 0.15) is 0 Å². The first kappa shape index (κ1) is 10.2. The molecule has 2 nitrogen and oxygen atoms in total. The largest absolute Gasteiger partial charge is 0.361 e. The predicted octanol–water partition coefficient (Wildman–Crippen LogP) is 2.94. The Balaban J connectivity index is 0.000000378. The van der Waals surface area contributed by atoms with Crippen LogP contribution in [0, 0.1) is 11.8 Å². The highest BCUT2D eigenvalue weighted by molar-refractivity contribution is 5.78. The van der Waals surface area contributed by atoms with E-state index in [-0.39, 0.29) is 7.43 Å². The van der Waals surface area contributed by atoms with Crippen LogP contribution in [0.5, 0.6) is 0 Å². The van der Waals surface area contributed by atoms with E-state index in [2.05, 4.69) is 29.8 Å². The number of nitrogens with zero attached hydrogens (tertiary/aromatic N) is 1. The molecule has 0 amide bonds. The van der Waals surface area contributed by atoms with Gasteiger partial charge in [-0.15, -0.1) is 0 Å². The first-order valence-electron chi connectivity index (χ1n) is 3.25. The van der Waals surface area contributed by atoms with Crippen molar-refractivity contribution in [3.8, 4) is 6.57 Å². The van der Waals surface area contributed by atoms with E-state index < -0.39 is 0 Å². The maximum absolute atomic E-state index is 6.50. The summed E-state index contributed by atoms with van der Waals surface area (Å²) in [6.45, 7) is 3.50. The summed E-state index contributed by atoms with van der Waals surface area (Å²) >= 11 is 0. The molecule has 0 saturated carbocycles. The first-order chi connectivity index (χ1) is 5.47. The average Bonchev–Trinajstić information content (AvgIpc) is 2.55. The molecule has 2 heteroatoms. The van der Waals surface area contributed by atoms with Crippen molar-refractivity contribution >= 4 is 10.9 Å². The van der Waals surface area contributed by atoms with E-state index in [0.717, 1.165) is 0 Å². The number of hydrogen-bond donors (Lipinski definition) is 1. The van der Waals surface area contributed by atoms with E-state index in [1.54, 1.807) is 0 Å². The van der Waals surface area contributed by atoms with Crippen molar-refractivity contribution in [1.29, 1.82) is 5.26 Å². The molecule has 1 aromatic carbocycles. The molecule has 0 aliphatic carbocycles. The summed E-state index contributed by atoms with van der Waals surface area (Å²) in [6, 6.07) is 10.3. The Labute approximate surface area is 72.5 Å². The summed E-state index contributed by atoms with van der Waals surface area (Å²) in [4.78, 5) is 3.12. The average molecular weight is 160 g/mol. The lowest BCUT2D eigenvalue weighted by Crippen LogP contribution is -1.61. The van der Waals surface area contributed by atoms with Crippen molar-refractivity contribution in [1.82, 2.24) is 4.98 Å². The topological polar surface area (TPSA) is 39.6 Å². The van der Waals surface area contributed by atoms with Gasteiger partial charge in [-0.2, -0.15) is 0 Å². The highest BCUT2D eigenvalue weighted by atomic mass is 14.6. The molecule has 0 saturated heterocycles. The molecular weight excluding hydrogens is 148 g/mol. The summed E-state index contributed by atoms with van der Waals surface area (Å²) in [7, 11) is 0. The van der Waals surface area contributed by atoms with E-state index in [1.165, 1.54) is 10.9 Å². The number of fused-ring (bicyclic) bond motifs is 1. The van der Waals surface area contributed by atoms with Gasteiger partial charge in [0.05, 0.1) is 0 Å². The number of aromatic amines is 1. The van der Waals surface area contributed by atoms with Gasteiger partial charge >= 0.3 is 0 Å². The number of para-hydroxylation sites is 1. The molecule has 0 bridgehead atoms. The van der Waals surface area contributed by atoms with Crippen molar-refractivity contribution in [2.75, 3.05) is 0 Å². The highest BCUT2D eigenvalue weighted by Crippen LogP contribution is 2.09. The molecule has 1 N–H and O–H groups in total. The highest BCUT2D eigenvalue weighted by Gasteiger charge is 1.86. The molecule has 2 rings (SSSR count). The summed E-state index contributed by atoms with van der Waals surface area (Å²) in [6.07, 6.45) is 1.95. The van der Waals surface area contributed by atoms with Crippen LogP contribution in [0.3, 0.4) is 0 Å². The minimum atomic E-state index is 0. The van der Waals surface area contributed by atoms with Crippen molar-refractivity contribution < 1.29 is 0 Å². The van der Waals surface area contributed by atoms with Gasteiger partial charge in [-0.05, 0) is 17.5 Å². The zero-order chi connectivity index (χ0) is 8.10. The van der Waals surface area contributed by atoms with Crippen molar-refractivity contribution in [2.24, 2.45) is 0 Å². The van der Waals surface area contributed by atoms with Gasteiger partial charge in [0, 0.05) is 18.3 Å². The minimum Gasteiger partial charge on any atom is -0.361 e. The Morgan fingerprint density at radius 2 is 1.75 bits per heavy atom. The molecule has 0 aliphatic rings. The van der Waals surface area contributed by atoms with E-state index in [9.17, 15) is 0 Å². The molecule has 0 unspecified atom stereocenters. The predicted molar refractivity (Wildman–Crippen MR) is 51.7 cm³/mol. The van der Waals surface area contributed by atoms with Crippen LogP contribution in [0.15, 0.2) is 36.5 Å². The van der Waals surface area contributed by atoms with Gasteiger partial charge < -0.3 is 4.98 Å². The maximum atomic E-state index is 6.50. The Kier molecular flexibility index (Phi) is 4.25. The Morgan fingerprint density at radius 3 is 2.42 bits per heavy atom. The SMILES string of the molecule is C.C#N.c1ccc2[nH]ccc2c1. The Hall–Kier alpha value is -1.75. The lowest BCUT2D eigenvalue weighted by atomic mass is 10.3. The van der Waals surface area contributed by atoms with Gasteiger partial charge in [-0.3, -0.25) is 0 Å². The molecule has 0 spiro atoms. The summed E-state index contributed by atoms with van der Waals surface area (Å²) in [5, 5.41) is 7.78. The zero-order valence-electron chi connectivity index (χ0n) is 5.99. The second-order valence-electron chi connectivity index (χ2n) is 2.06. The molecule has 0 fully saturated rings. The molecular formula is C10H12N2. The number of rotatable bonds is 0. The quantitative estimate of drug-likeness (QED) is 0.632. The van der Waals surface area contributed by atoms with E-state index in [1.807, 2.05) is 18.3 Å². The fourth-order valence-electron chi connectivity index (χ4n) is 0.995. The van der Waals surface area contributed by atoms with Crippen LogP contribution < -0.4 is 0 Å². The molecule has 12 heavy (non-hydrogen) atoms. The van der Waals surface area contributed by atoms with Gasteiger partial charge in [0.15, 0.2) is 0 Å². The molecule has 0 aliphatic heterocycles. The molecule has 62 valence electrons. The second-order valence-corrected chi connectivity index (χ2v) is 2.06. The molecule has 0 atom stereocenters. The normalized spacial score (nSPS) is 7.83. The smallest absolute Gasteiger partial charge is 0.0462 e. The number of H-pyrrole nitrogens is 1. The van der Waals surface area contributed by atoms with E-state index >= 15 is 0 Å². The van der Waals surface area contributed by atoms with Crippen molar-refractivity contribution in [2.45, 2.75) is 7.43 Å². The van der Waals surface area contributed by atoms with Crippen LogP contribution in [-0.2, 0) is 0 Å². The number of aromatic nitrogens is 1. The minimum absolute atomic E-state index is 0. The lowest BCUT2D eigenvalue weighted by Gasteiger charge is -1.83. The third-order valence-electron chi connectivity index (χ3n) is 1.46. The van der Waals surface area contributed by atoms with Crippen molar-refractivity contribution in [3.05, 3.63) is 36.5 Å². The fraction of sp³-hybridized carbons (Fsp3) is 0.100. The molecule has 2 aromatic rings. The number of nitriles is 1. The van der Waals surface area contributed by atoms with Crippen LogP contribution in [0.4, 0.5) is 0 Å². The fourth-order valence-corrected chi connectivity index (χ4v) is 0.995. The van der Waals surface area contributed by atoms with Crippen molar-refractivity contribution in [3.63, 3.8) is 0 Å². The van der Waals surface area contributed by atoms with Gasteiger partial charge in [0.25, 0.3) is 0 Å². The third kappa shape index (κ3) is 1.86.